The van der Waals surface area contributed by atoms with Gasteiger partial charge in [-0.15, -0.1) is 0 Å². The van der Waals surface area contributed by atoms with Gasteiger partial charge in [0.25, 0.3) is 0 Å². The number of carbonyl (C=O) groups is 4. The second-order valence-electron chi connectivity index (χ2n) is 9.65. The second kappa shape index (κ2) is 9.41. The molecule has 1 aromatic rings. The first-order valence-electron chi connectivity index (χ1n) is 11.0. The molecule has 180 valence electrons. The summed E-state index contributed by atoms with van der Waals surface area (Å²) in [6, 6.07) is 7.23. The summed E-state index contributed by atoms with van der Waals surface area (Å²) < 4.78 is 15.5. The van der Waals surface area contributed by atoms with Crippen molar-refractivity contribution in [1.82, 2.24) is 9.80 Å². The van der Waals surface area contributed by atoms with Gasteiger partial charge in [0.2, 0.25) is 5.91 Å². The van der Waals surface area contributed by atoms with Gasteiger partial charge in [0.15, 0.2) is 11.7 Å². The van der Waals surface area contributed by atoms with E-state index in [1.54, 1.807) is 40.0 Å². The highest BCUT2D eigenvalue weighted by Gasteiger charge is 2.56. The molecule has 0 aromatic heterocycles. The molecule has 2 unspecified atom stereocenters. The van der Waals surface area contributed by atoms with Gasteiger partial charge in [0, 0.05) is 26.2 Å². The topological polar surface area (TPSA) is 102 Å². The van der Waals surface area contributed by atoms with Gasteiger partial charge in [0.1, 0.15) is 11.4 Å². The minimum atomic E-state index is -1.54. The van der Waals surface area contributed by atoms with E-state index in [-0.39, 0.29) is 19.6 Å². The third-order valence-corrected chi connectivity index (χ3v) is 6.03. The average molecular weight is 461 g/mol. The minimum absolute atomic E-state index is 0.0840. The van der Waals surface area contributed by atoms with Gasteiger partial charge in [-0.05, 0) is 51.3 Å². The Morgan fingerprint density at radius 3 is 2.33 bits per heavy atom. The maximum Gasteiger partial charge on any atom is 0.410 e. The van der Waals surface area contributed by atoms with E-state index >= 15 is 0 Å². The molecule has 2 amide bonds. The van der Waals surface area contributed by atoms with Crippen LogP contribution in [0.25, 0.3) is 0 Å². The van der Waals surface area contributed by atoms with Crippen LogP contribution >= 0.6 is 0 Å². The van der Waals surface area contributed by atoms with Gasteiger partial charge in [-0.25, -0.2) is 4.79 Å². The molecule has 0 saturated carbocycles. The van der Waals surface area contributed by atoms with Crippen molar-refractivity contribution in [3.05, 3.63) is 29.8 Å². The van der Waals surface area contributed by atoms with Crippen molar-refractivity contribution in [3.63, 3.8) is 0 Å². The molecule has 2 aliphatic heterocycles. The molecular weight excluding hydrogens is 428 g/mol. The fourth-order valence-corrected chi connectivity index (χ4v) is 4.48. The quantitative estimate of drug-likeness (QED) is 0.502. The molecule has 2 fully saturated rings. The van der Waals surface area contributed by atoms with Crippen LogP contribution in [-0.4, -0.2) is 73.0 Å². The van der Waals surface area contributed by atoms with E-state index in [4.69, 9.17) is 14.2 Å². The van der Waals surface area contributed by atoms with Gasteiger partial charge in [0.05, 0.1) is 19.6 Å². The number of likely N-dealkylation sites (tertiary alicyclic amines) is 2. The molecule has 3 rings (SSSR count). The maximum absolute atomic E-state index is 13.5. The normalized spacial score (nSPS) is 23.5. The summed E-state index contributed by atoms with van der Waals surface area (Å²) in [7, 11) is 2.73. The highest BCUT2D eigenvalue weighted by molar-refractivity contribution is 6.19. The number of amides is 2. The Balaban J connectivity index is 1.90. The predicted molar refractivity (Wildman–Crippen MR) is 118 cm³/mol. The summed E-state index contributed by atoms with van der Waals surface area (Å²) in [6.45, 7) is 6.19. The van der Waals surface area contributed by atoms with Crippen molar-refractivity contribution in [2.45, 2.75) is 45.8 Å². The lowest BCUT2D eigenvalue weighted by Gasteiger charge is -2.48. The summed E-state index contributed by atoms with van der Waals surface area (Å²) in [5, 5.41) is 0. The lowest BCUT2D eigenvalue weighted by atomic mass is 9.69. The number of benzene rings is 1. The van der Waals surface area contributed by atoms with Crippen LogP contribution in [0.1, 0.15) is 39.2 Å². The van der Waals surface area contributed by atoms with E-state index in [2.05, 4.69) is 0 Å². The Kier molecular flexibility index (Phi) is 7.00. The van der Waals surface area contributed by atoms with Gasteiger partial charge in [-0.2, -0.15) is 0 Å². The van der Waals surface area contributed by atoms with Crippen LogP contribution in [0, 0.1) is 11.3 Å². The van der Waals surface area contributed by atoms with E-state index in [0.717, 1.165) is 12.7 Å². The van der Waals surface area contributed by atoms with Crippen molar-refractivity contribution in [1.29, 1.82) is 0 Å². The average Bonchev–Trinajstić information content (AvgIpc) is 2.77. The zero-order chi connectivity index (χ0) is 24.4. The summed E-state index contributed by atoms with van der Waals surface area (Å²) in [6.07, 6.45) is 0.511. The highest BCUT2D eigenvalue weighted by Crippen LogP contribution is 2.40. The van der Waals surface area contributed by atoms with Crippen LogP contribution in [0.4, 0.5) is 4.79 Å². The van der Waals surface area contributed by atoms with Crippen molar-refractivity contribution in [2.24, 2.45) is 11.3 Å². The molecule has 0 radical (unpaired) electrons. The third kappa shape index (κ3) is 5.29. The molecular formula is C24H32N2O7. The third-order valence-electron chi connectivity index (χ3n) is 6.03. The van der Waals surface area contributed by atoms with Gasteiger partial charge in [-0.3, -0.25) is 14.4 Å². The highest BCUT2D eigenvalue weighted by atomic mass is 16.6. The van der Waals surface area contributed by atoms with E-state index in [0.29, 0.717) is 25.1 Å². The molecule has 9 heteroatoms. The number of hydrogen-bond acceptors (Lipinski definition) is 7. The zero-order valence-corrected chi connectivity index (χ0v) is 19.9. The molecule has 33 heavy (non-hydrogen) atoms. The van der Waals surface area contributed by atoms with Gasteiger partial charge in [-0.1, -0.05) is 12.1 Å². The van der Waals surface area contributed by atoms with Crippen LogP contribution < -0.4 is 4.74 Å². The Morgan fingerprint density at radius 2 is 1.76 bits per heavy atom. The Hall–Kier alpha value is -3.10. The number of ketones is 1. The van der Waals surface area contributed by atoms with Gasteiger partial charge >= 0.3 is 12.1 Å². The Morgan fingerprint density at radius 1 is 1.09 bits per heavy atom. The Labute approximate surface area is 193 Å². The number of ether oxygens (including phenoxy) is 3. The summed E-state index contributed by atoms with van der Waals surface area (Å²) in [5.41, 5.74) is -0.908. The van der Waals surface area contributed by atoms with Crippen LogP contribution in [0.5, 0.6) is 5.75 Å². The monoisotopic (exact) mass is 460 g/mol. The fraction of sp³-hybridized carbons (Fsp3) is 0.583. The van der Waals surface area contributed by atoms with Gasteiger partial charge < -0.3 is 24.0 Å². The van der Waals surface area contributed by atoms with Crippen LogP contribution in [-0.2, 0) is 30.4 Å². The molecule has 0 aliphatic carbocycles. The lowest BCUT2D eigenvalue weighted by Crippen LogP contribution is -2.64. The van der Waals surface area contributed by atoms with E-state index < -0.39 is 40.7 Å². The standard InChI is InChI=1S/C24H32N2O7/c1-23(2,3)33-22(30)25-12-6-11-24(14-25)15-26(13-16-7-9-17(31-4)10-8-16)20(28)18(19(24)27)21(29)32-5/h7-10,18H,6,11-15H2,1-5H3. The van der Waals surface area contributed by atoms with E-state index in [1.165, 1.54) is 9.80 Å². The summed E-state index contributed by atoms with van der Waals surface area (Å²) in [4.78, 5) is 54.9. The molecule has 9 nitrogen and oxygen atoms in total. The summed E-state index contributed by atoms with van der Waals surface area (Å²) in [5.74, 6) is -2.80. The molecule has 2 saturated heterocycles. The number of Topliss-reactive ketones (excluding diaryl/α,β-unsaturated/α-hetero) is 1. The number of methoxy groups -OCH3 is 2. The molecule has 1 aromatic carbocycles. The smallest absolute Gasteiger partial charge is 0.410 e. The largest absolute Gasteiger partial charge is 0.497 e. The minimum Gasteiger partial charge on any atom is -0.497 e. The van der Waals surface area contributed by atoms with E-state index in [1.807, 2.05) is 12.1 Å². The zero-order valence-electron chi connectivity index (χ0n) is 19.9. The van der Waals surface area contributed by atoms with Crippen molar-refractivity contribution in [3.8, 4) is 5.75 Å². The molecule has 2 aliphatic rings. The molecule has 0 bridgehead atoms. The molecule has 2 heterocycles. The number of rotatable bonds is 4. The summed E-state index contributed by atoms with van der Waals surface area (Å²) >= 11 is 0. The number of hydrogen-bond donors (Lipinski definition) is 0. The SMILES string of the molecule is COC(=O)C1C(=O)N(Cc2ccc(OC)cc2)CC2(CCCN(C(=O)OC(C)(C)C)C2)C1=O. The first kappa shape index (κ1) is 24.5. The first-order chi connectivity index (χ1) is 15.5. The van der Waals surface area contributed by atoms with Crippen molar-refractivity contribution >= 4 is 23.8 Å². The van der Waals surface area contributed by atoms with E-state index in [9.17, 15) is 19.2 Å². The number of esters is 1. The lowest BCUT2D eigenvalue weighted by molar-refractivity contribution is -0.168. The van der Waals surface area contributed by atoms with Crippen LogP contribution in [0.15, 0.2) is 24.3 Å². The number of piperidine rings is 2. The molecule has 2 atom stereocenters. The van der Waals surface area contributed by atoms with Crippen LogP contribution in [0.2, 0.25) is 0 Å². The van der Waals surface area contributed by atoms with Crippen molar-refractivity contribution in [2.75, 3.05) is 33.9 Å². The second-order valence-corrected chi connectivity index (χ2v) is 9.65. The first-order valence-corrected chi connectivity index (χ1v) is 11.0. The van der Waals surface area contributed by atoms with Crippen molar-refractivity contribution < 1.29 is 33.4 Å². The molecule has 0 N–H and O–H groups in total. The predicted octanol–water partition coefficient (Wildman–Crippen LogP) is 2.41. The number of nitrogens with zero attached hydrogens (tertiary/aromatic N) is 2. The van der Waals surface area contributed by atoms with Crippen LogP contribution in [0.3, 0.4) is 0 Å². The Bertz CT molecular complexity index is 922. The fourth-order valence-electron chi connectivity index (χ4n) is 4.48. The number of carbonyl (C=O) groups excluding carboxylic acids is 4. The molecule has 1 spiro atoms. The maximum atomic E-state index is 13.5.